The molecule has 1 aromatic carbocycles. The number of hydrogen-bond donors (Lipinski definition) is 2. The van der Waals surface area contributed by atoms with Gasteiger partial charge in [0, 0.05) is 23.7 Å². The standard InChI is InChI=1S/C20H23N7S/c1-15(17-11-8-14-28-17)25-26-19-22-18(21-16-9-4-2-5-10-16)23-20(24-19)27-12-6-3-7-13-27/h2,4-5,8-11,14H,3,6-7,12-13H2,1H3,(H2,21,22,23,24,26). The van der Waals surface area contributed by atoms with Gasteiger partial charge in [-0.3, -0.25) is 0 Å². The Morgan fingerprint density at radius 3 is 2.50 bits per heavy atom. The van der Waals surface area contributed by atoms with Crippen LogP contribution >= 0.6 is 11.3 Å². The second-order valence-electron chi connectivity index (χ2n) is 6.61. The fraction of sp³-hybridized carbons (Fsp3) is 0.300. The maximum absolute atomic E-state index is 4.64. The summed E-state index contributed by atoms with van der Waals surface area (Å²) in [6, 6.07) is 13.9. The third kappa shape index (κ3) is 4.64. The molecule has 3 aromatic rings. The molecule has 28 heavy (non-hydrogen) atoms. The molecule has 0 radical (unpaired) electrons. The number of hydrazone groups is 1. The molecule has 1 saturated heterocycles. The molecule has 1 fully saturated rings. The Labute approximate surface area is 168 Å². The van der Waals surface area contributed by atoms with Gasteiger partial charge in [-0.1, -0.05) is 24.3 Å². The first-order valence-corrected chi connectivity index (χ1v) is 10.3. The van der Waals surface area contributed by atoms with E-state index in [-0.39, 0.29) is 0 Å². The summed E-state index contributed by atoms with van der Waals surface area (Å²) in [6.07, 6.45) is 3.57. The average Bonchev–Trinajstić information content (AvgIpc) is 3.28. The Morgan fingerprint density at radius 1 is 0.964 bits per heavy atom. The lowest BCUT2D eigenvalue weighted by Gasteiger charge is -2.26. The maximum Gasteiger partial charge on any atom is 0.250 e. The third-order valence-electron chi connectivity index (χ3n) is 4.49. The number of hydrogen-bond acceptors (Lipinski definition) is 8. The molecular formula is C20H23N7S. The predicted octanol–water partition coefficient (Wildman–Crippen LogP) is 4.50. The molecule has 7 nitrogen and oxygen atoms in total. The summed E-state index contributed by atoms with van der Waals surface area (Å²) in [5.74, 6) is 1.62. The van der Waals surface area contributed by atoms with E-state index < -0.39 is 0 Å². The van der Waals surface area contributed by atoms with E-state index in [1.54, 1.807) is 11.3 Å². The van der Waals surface area contributed by atoms with Crippen LogP contribution in [0.15, 0.2) is 52.9 Å². The molecule has 1 aliphatic rings. The lowest BCUT2D eigenvalue weighted by molar-refractivity contribution is 0.568. The first kappa shape index (κ1) is 18.4. The second-order valence-corrected chi connectivity index (χ2v) is 7.56. The van der Waals surface area contributed by atoms with Gasteiger partial charge < -0.3 is 10.2 Å². The number of nitrogens with one attached hydrogen (secondary N) is 2. The number of anilines is 4. The topological polar surface area (TPSA) is 78.3 Å². The van der Waals surface area contributed by atoms with Crippen molar-refractivity contribution in [1.82, 2.24) is 15.0 Å². The van der Waals surface area contributed by atoms with Crippen molar-refractivity contribution in [2.75, 3.05) is 28.7 Å². The Hall–Kier alpha value is -3.00. The van der Waals surface area contributed by atoms with Crippen LogP contribution in [0, 0.1) is 0 Å². The molecule has 3 heterocycles. The number of aromatic nitrogens is 3. The zero-order chi connectivity index (χ0) is 19.2. The van der Waals surface area contributed by atoms with Gasteiger partial charge in [0.05, 0.1) is 5.71 Å². The number of nitrogens with zero attached hydrogens (tertiary/aromatic N) is 5. The fourth-order valence-corrected chi connectivity index (χ4v) is 3.71. The molecule has 144 valence electrons. The quantitative estimate of drug-likeness (QED) is 0.474. The molecule has 0 aliphatic carbocycles. The van der Waals surface area contributed by atoms with E-state index in [4.69, 9.17) is 0 Å². The molecule has 0 atom stereocenters. The van der Waals surface area contributed by atoms with E-state index in [1.807, 2.05) is 54.8 Å². The van der Waals surface area contributed by atoms with Crippen LogP contribution in [0.1, 0.15) is 31.1 Å². The minimum atomic E-state index is 0.435. The van der Waals surface area contributed by atoms with Crippen molar-refractivity contribution in [3.63, 3.8) is 0 Å². The fourth-order valence-electron chi connectivity index (χ4n) is 3.03. The Morgan fingerprint density at radius 2 is 1.75 bits per heavy atom. The van der Waals surface area contributed by atoms with Gasteiger partial charge in [-0.2, -0.15) is 20.1 Å². The van der Waals surface area contributed by atoms with Gasteiger partial charge in [0.2, 0.25) is 17.8 Å². The van der Waals surface area contributed by atoms with Crippen LogP contribution in [0.2, 0.25) is 0 Å². The molecule has 2 aromatic heterocycles. The Balaban J connectivity index is 1.60. The van der Waals surface area contributed by atoms with Gasteiger partial charge in [-0.05, 0) is 49.8 Å². The smallest absolute Gasteiger partial charge is 0.250 e. The van der Waals surface area contributed by atoms with E-state index in [1.165, 1.54) is 6.42 Å². The van der Waals surface area contributed by atoms with Gasteiger partial charge in [0.1, 0.15) is 0 Å². The number of rotatable bonds is 6. The van der Waals surface area contributed by atoms with E-state index >= 15 is 0 Å². The molecule has 4 rings (SSSR count). The number of thiophene rings is 1. The summed E-state index contributed by atoms with van der Waals surface area (Å²) in [5.41, 5.74) is 4.83. The summed E-state index contributed by atoms with van der Waals surface area (Å²) in [6.45, 7) is 3.89. The first-order valence-electron chi connectivity index (χ1n) is 9.45. The average molecular weight is 394 g/mol. The SMILES string of the molecule is CC(=NNc1nc(Nc2ccccc2)nc(N2CCCCC2)n1)c1cccs1. The third-order valence-corrected chi connectivity index (χ3v) is 5.47. The first-order chi connectivity index (χ1) is 13.8. The molecule has 2 N–H and O–H groups in total. The monoisotopic (exact) mass is 393 g/mol. The van der Waals surface area contributed by atoms with Crippen molar-refractivity contribution in [3.05, 3.63) is 52.7 Å². The molecule has 0 saturated carbocycles. The Kier molecular flexibility index (Phi) is 5.77. The van der Waals surface area contributed by atoms with Crippen LogP contribution in [-0.4, -0.2) is 33.8 Å². The van der Waals surface area contributed by atoms with Crippen molar-refractivity contribution in [2.45, 2.75) is 26.2 Å². The summed E-state index contributed by atoms with van der Waals surface area (Å²) in [7, 11) is 0. The second kappa shape index (κ2) is 8.79. The number of benzene rings is 1. The summed E-state index contributed by atoms with van der Waals surface area (Å²) in [5, 5.41) is 9.75. The van der Waals surface area contributed by atoms with Crippen molar-refractivity contribution >= 4 is 40.6 Å². The highest BCUT2D eigenvalue weighted by Gasteiger charge is 2.16. The normalized spacial score (nSPS) is 14.8. The van der Waals surface area contributed by atoms with Gasteiger partial charge in [0.15, 0.2) is 0 Å². The number of para-hydroxylation sites is 1. The minimum Gasteiger partial charge on any atom is -0.341 e. The maximum atomic E-state index is 4.64. The van der Waals surface area contributed by atoms with Crippen molar-refractivity contribution in [3.8, 4) is 0 Å². The van der Waals surface area contributed by atoms with Crippen LogP contribution in [-0.2, 0) is 0 Å². The molecule has 0 spiro atoms. The van der Waals surface area contributed by atoms with E-state index in [2.05, 4.69) is 35.7 Å². The van der Waals surface area contributed by atoms with Crippen LogP contribution in [0.25, 0.3) is 0 Å². The molecule has 1 aliphatic heterocycles. The summed E-state index contributed by atoms with van der Waals surface area (Å²) >= 11 is 1.65. The summed E-state index contributed by atoms with van der Waals surface area (Å²) < 4.78 is 0. The highest BCUT2D eigenvalue weighted by Crippen LogP contribution is 2.21. The largest absolute Gasteiger partial charge is 0.341 e. The van der Waals surface area contributed by atoms with Gasteiger partial charge in [-0.25, -0.2) is 5.43 Å². The van der Waals surface area contributed by atoms with Crippen LogP contribution in [0.5, 0.6) is 0 Å². The van der Waals surface area contributed by atoms with Gasteiger partial charge in [-0.15, -0.1) is 11.3 Å². The van der Waals surface area contributed by atoms with E-state index in [9.17, 15) is 0 Å². The molecule has 0 bridgehead atoms. The van der Waals surface area contributed by atoms with Crippen molar-refractivity contribution in [1.29, 1.82) is 0 Å². The van der Waals surface area contributed by atoms with Gasteiger partial charge in [0.25, 0.3) is 0 Å². The molecular weight excluding hydrogens is 370 g/mol. The molecule has 8 heteroatoms. The Bertz CT molecular complexity index is 919. The van der Waals surface area contributed by atoms with Crippen LogP contribution in [0.4, 0.5) is 23.5 Å². The van der Waals surface area contributed by atoms with Crippen LogP contribution < -0.4 is 15.6 Å². The molecule has 0 unspecified atom stereocenters. The minimum absolute atomic E-state index is 0.435. The van der Waals surface area contributed by atoms with Crippen LogP contribution in [0.3, 0.4) is 0 Å². The highest BCUT2D eigenvalue weighted by atomic mass is 32.1. The lowest BCUT2D eigenvalue weighted by atomic mass is 10.1. The molecule has 0 amide bonds. The van der Waals surface area contributed by atoms with Crippen molar-refractivity contribution in [2.24, 2.45) is 5.10 Å². The summed E-state index contributed by atoms with van der Waals surface area (Å²) in [4.78, 5) is 17.1. The number of piperidine rings is 1. The zero-order valence-electron chi connectivity index (χ0n) is 15.8. The zero-order valence-corrected chi connectivity index (χ0v) is 16.6. The highest BCUT2D eigenvalue weighted by molar-refractivity contribution is 7.12. The van der Waals surface area contributed by atoms with Crippen molar-refractivity contribution < 1.29 is 0 Å². The lowest BCUT2D eigenvalue weighted by Crippen LogP contribution is -2.31. The van der Waals surface area contributed by atoms with Gasteiger partial charge >= 0.3 is 0 Å². The van der Waals surface area contributed by atoms with E-state index in [0.717, 1.165) is 42.2 Å². The predicted molar refractivity (Wildman–Crippen MR) is 116 cm³/mol. The van der Waals surface area contributed by atoms with E-state index in [0.29, 0.717) is 17.8 Å².